The van der Waals surface area contributed by atoms with Crippen molar-refractivity contribution in [2.24, 2.45) is 11.8 Å². The first-order valence-electron chi connectivity index (χ1n) is 9.88. The summed E-state index contributed by atoms with van der Waals surface area (Å²) in [5, 5.41) is 2.60. The number of nitrogens with one attached hydrogen (secondary N) is 1. The summed E-state index contributed by atoms with van der Waals surface area (Å²) in [6.45, 7) is 4.00. The van der Waals surface area contributed by atoms with Gasteiger partial charge in [-0.15, -0.1) is 8.78 Å². The van der Waals surface area contributed by atoms with E-state index in [9.17, 15) is 13.6 Å². The number of anilines is 1. The molecule has 0 saturated heterocycles. The van der Waals surface area contributed by atoms with E-state index in [-0.39, 0.29) is 16.5 Å². The summed E-state index contributed by atoms with van der Waals surface area (Å²) in [6, 6.07) is 5.80. The third-order valence-electron chi connectivity index (χ3n) is 4.94. The lowest BCUT2D eigenvalue weighted by Gasteiger charge is -2.06. The predicted molar refractivity (Wildman–Crippen MR) is 112 cm³/mol. The topological polar surface area (TPSA) is 60.5 Å². The molecule has 5 nitrogen and oxygen atoms in total. The highest BCUT2D eigenvalue weighted by Gasteiger charge is 2.43. The van der Waals surface area contributed by atoms with Crippen molar-refractivity contribution in [3.8, 4) is 22.6 Å². The smallest absolute Gasteiger partial charge is 0.395 e. The second kappa shape index (κ2) is 9.43. The summed E-state index contributed by atoms with van der Waals surface area (Å²) in [7, 11) is 0. The zero-order valence-electron chi connectivity index (χ0n) is 16.7. The number of nitrogens with zero attached hydrogens (tertiary/aromatic N) is 1. The second-order valence-corrected chi connectivity index (χ2v) is 7.27. The molecule has 2 unspecified atom stereocenters. The fourth-order valence-electron chi connectivity index (χ4n) is 3.61. The van der Waals surface area contributed by atoms with E-state index in [4.69, 9.17) is 11.6 Å². The van der Waals surface area contributed by atoms with Gasteiger partial charge in [-0.05, 0) is 49.3 Å². The van der Waals surface area contributed by atoms with E-state index in [0.717, 1.165) is 11.8 Å². The Balaban J connectivity index is 0.000000235. The number of fused-ring (bicyclic) bond motifs is 3. The molecule has 1 aromatic heterocycles. The van der Waals surface area contributed by atoms with Crippen LogP contribution in [-0.2, 0) is 4.79 Å². The fourth-order valence-corrected chi connectivity index (χ4v) is 3.87. The van der Waals surface area contributed by atoms with Crippen LogP contribution in [0.15, 0.2) is 42.6 Å². The van der Waals surface area contributed by atoms with Crippen molar-refractivity contribution in [3.05, 3.63) is 47.6 Å². The number of ether oxygens (including phenoxy) is 2. The molecule has 1 amide bonds. The van der Waals surface area contributed by atoms with Crippen LogP contribution in [0.2, 0.25) is 5.02 Å². The van der Waals surface area contributed by atoms with Gasteiger partial charge in [0.1, 0.15) is 5.82 Å². The summed E-state index contributed by atoms with van der Waals surface area (Å²) in [5.74, 6) is 2.11. The minimum Gasteiger partial charge on any atom is -0.395 e. The van der Waals surface area contributed by atoms with Crippen molar-refractivity contribution >= 4 is 23.8 Å². The summed E-state index contributed by atoms with van der Waals surface area (Å²) in [5.41, 5.74) is 1.04. The lowest BCUT2D eigenvalue weighted by Crippen LogP contribution is -2.25. The number of hydrogen-bond donors (Lipinski definition) is 1. The fraction of sp³-hybridized carbons (Fsp3) is 0.364. The van der Waals surface area contributed by atoms with E-state index in [1.165, 1.54) is 37.6 Å². The van der Waals surface area contributed by atoms with Gasteiger partial charge in [0.25, 0.3) is 0 Å². The maximum Gasteiger partial charge on any atom is 0.586 e. The number of carbonyl (C=O) groups excluding carboxylic acids is 1. The Morgan fingerprint density at radius 2 is 1.77 bits per heavy atom. The number of halogens is 3. The number of alkyl halides is 2. The van der Waals surface area contributed by atoms with Gasteiger partial charge in [-0.25, -0.2) is 4.98 Å². The SMILES string of the molecule is C1=CC2CCC1C2.CC.O=CNc1ccc(-c2cc3c(cc2Cl)OC(F)(F)O3)cn1. The van der Waals surface area contributed by atoms with Crippen molar-refractivity contribution in [2.75, 3.05) is 5.32 Å². The van der Waals surface area contributed by atoms with E-state index in [0.29, 0.717) is 23.4 Å². The molecule has 2 aliphatic carbocycles. The Kier molecular flexibility index (Phi) is 6.92. The Morgan fingerprint density at radius 1 is 1.13 bits per heavy atom. The quantitative estimate of drug-likeness (QED) is 0.453. The average Bonchev–Trinajstić information content (AvgIpc) is 3.45. The van der Waals surface area contributed by atoms with E-state index < -0.39 is 6.29 Å². The van der Waals surface area contributed by atoms with Crippen molar-refractivity contribution in [1.29, 1.82) is 0 Å². The highest BCUT2D eigenvalue weighted by molar-refractivity contribution is 6.33. The van der Waals surface area contributed by atoms with Crippen molar-refractivity contribution in [3.63, 3.8) is 0 Å². The number of benzene rings is 1. The molecule has 5 rings (SSSR count). The van der Waals surface area contributed by atoms with Gasteiger partial charge in [-0.3, -0.25) is 4.79 Å². The van der Waals surface area contributed by atoms with Crippen LogP contribution in [0, 0.1) is 11.8 Å². The molecule has 1 saturated carbocycles. The Labute approximate surface area is 179 Å². The molecule has 3 aliphatic rings. The molecule has 1 N–H and O–H groups in total. The van der Waals surface area contributed by atoms with Crippen LogP contribution in [0.1, 0.15) is 33.1 Å². The first kappa shape index (κ1) is 22.0. The van der Waals surface area contributed by atoms with E-state index in [1.807, 2.05) is 13.8 Å². The Bertz CT molecular complexity index is 907. The van der Waals surface area contributed by atoms with Gasteiger partial charge in [0, 0.05) is 23.4 Å². The zero-order valence-corrected chi connectivity index (χ0v) is 17.5. The monoisotopic (exact) mass is 436 g/mol. The third-order valence-corrected chi connectivity index (χ3v) is 5.25. The molecule has 2 aromatic rings. The molecule has 2 bridgehead atoms. The number of aromatic nitrogens is 1. The number of amides is 1. The van der Waals surface area contributed by atoms with Crippen LogP contribution in [0.25, 0.3) is 11.1 Å². The van der Waals surface area contributed by atoms with Gasteiger partial charge in [-0.1, -0.05) is 37.6 Å². The molecule has 1 aliphatic heterocycles. The molecule has 2 heterocycles. The summed E-state index contributed by atoms with van der Waals surface area (Å²) in [6.07, 6.45) is 7.44. The van der Waals surface area contributed by atoms with Crippen LogP contribution in [0.5, 0.6) is 11.5 Å². The molecule has 160 valence electrons. The lowest BCUT2D eigenvalue weighted by atomic mass is 10.1. The van der Waals surface area contributed by atoms with Crippen LogP contribution in [0.3, 0.4) is 0 Å². The van der Waals surface area contributed by atoms with E-state index in [1.54, 1.807) is 12.1 Å². The molecule has 30 heavy (non-hydrogen) atoms. The third kappa shape index (κ3) is 5.08. The summed E-state index contributed by atoms with van der Waals surface area (Å²) >= 11 is 6.06. The van der Waals surface area contributed by atoms with Crippen LogP contribution in [0.4, 0.5) is 14.6 Å². The number of allylic oxidation sites excluding steroid dienone is 2. The summed E-state index contributed by atoms with van der Waals surface area (Å²) < 4.78 is 34.7. The Morgan fingerprint density at radius 3 is 2.23 bits per heavy atom. The van der Waals surface area contributed by atoms with Gasteiger partial charge in [0.15, 0.2) is 11.5 Å². The van der Waals surface area contributed by atoms with Gasteiger partial charge in [-0.2, -0.15) is 0 Å². The first-order valence-corrected chi connectivity index (χ1v) is 10.3. The largest absolute Gasteiger partial charge is 0.586 e. The number of carbonyl (C=O) groups is 1. The number of rotatable bonds is 3. The maximum atomic E-state index is 13.0. The van der Waals surface area contributed by atoms with Crippen LogP contribution in [-0.4, -0.2) is 17.7 Å². The highest BCUT2D eigenvalue weighted by Crippen LogP contribution is 2.46. The molecule has 2 atom stereocenters. The minimum atomic E-state index is -3.69. The van der Waals surface area contributed by atoms with Gasteiger partial charge in [0.05, 0.1) is 5.02 Å². The van der Waals surface area contributed by atoms with Crippen LogP contribution < -0.4 is 14.8 Å². The summed E-state index contributed by atoms with van der Waals surface area (Å²) in [4.78, 5) is 14.3. The van der Waals surface area contributed by atoms with Crippen molar-refractivity contribution < 1.29 is 23.0 Å². The molecule has 0 radical (unpaired) electrons. The maximum absolute atomic E-state index is 13.0. The van der Waals surface area contributed by atoms with Gasteiger partial charge in [0.2, 0.25) is 6.41 Å². The number of hydrogen-bond acceptors (Lipinski definition) is 4. The normalized spacial score (nSPS) is 21.2. The molecule has 8 heteroatoms. The zero-order chi connectivity index (χ0) is 21.7. The highest BCUT2D eigenvalue weighted by atomic mass is 35.5. The predicted octanol–water partition coefficient (Wildman–Crippen LogP) is 6.29. The van der Waals surface area contributed by atoms with Gasteiger partial charge < -0.3 is 14.8 Å². The van der Waals surface area contributed by atoms with Crippen molar-refractivity contribution in [2.45, 2.75) is 39.4 Å². The first-order chi connectivity index (χ1) is 14.4. The van der Waals surface area contributed by atoms with Crippen LogP contribution >= 0.6 is 11.6 Å². The molecule has 1 fully saturated rings. The van der Waals surface area contributed by atoms with Gasteiger partial charge >= 0.3 is 6.29 Å². The Hall–Kier alpha value is -2.67. The lowest BCUT2D eigenvalue weighted by molar-refractivity contribution is -0.286. The molecular weight excluding hydrogens is 414 g/mol. The molecular formula is C22H23ClF2N2O3. The van der Waals surface area contributed by atoms with E-state index >= 15 is 0 Å². The molecule has 0 spiro atoms. The number of pyridine rings is 1. The standard InChI is InChI=1S/C13H7ClF2N2O3.C7H10.C2H6/c14-9-4-11-10(20-13(15,16)21-11)3-8(9)7-1-2-12(17-5-7)18-6-19;1-2-7-4-3-6(1)5-7;1-2/h1-6H,(H,17,18,19);1-2,6-7H,3-5H2;1-2H3. The second-order valence-electron chi connectivity index (χ2n) is 6.86. The molecule has 1 aromatic carbocycles. The minimum absolute atomic E-state index is 0.102. The van der Waals surface area contributed by atoms with E-state index in [2.05, 4.69) is 31.9 Å². The van der Waals surface area contributed by atoms with Crippen molar-refractivity contribution in [1.82, 2.24) is 4.98 Å². The average molecular weight is 437 g/mol.